The van der Waals surface area contributed by atoms with Crippen molar-refractivity contribution in [1.29, 1.82) is 0 Å². The lowest BCUT2D eigenvalue weighted by Gasteiger charge is -2.12. The van der Waals surface area contributed by atoms with Crippen molar-refractivity contribution in [3.63, 3.8) is 0 Å². The highest BCUT2D eigenvalue weighted by atomic mass is 16.5. The molecule has 3 N–H and O–H groups in total. The lowest BCUT2D eigenvalue weighted by Crippen LogP contribution is -2.13. The van der Waals surface area contributed by atoms with Crippen LogP contribution in [-0.4, -0.2) is 16.6 Å². The molecular formula is C12H22N4O. The summed E-state index contributed by atoms with van der Waals surface area (Å²) >= 11 is 0. The van der Waals surface area contributed by atoms with Gasteiger partial charge in [-0.1, -0.05) is 13.8 Å². The van der Waals surface area contributed by atoms with E-state index in [2.05, 4.69) is 29.2 Å². The van der Waals surface area contributed by atoms with Crippen molar-refractivity contribution < 1.29 is 4.74 Å². The van der Waals surface area contributed by atoms with Crippen LogP contribution in [0.25, 0.3) is 0 Å². The summed E-state index contributed by atoms with van der Waals surface area (Å²) in [5.74, 6) is 7.99. The van der Waals surface area contributed by atoms with E-state index in [0.29, 0.717) is 30.0 Å². The molecule has 0 unspecified atom stereocenters. The maximum atomic E-state index is 5.66. The van der Waals surface area contributed by atoms with E-state index < -0.39 is 0 Å². The van der Waals surface area contributed by atoms with Gasteiger partial charge in [0, 0.05) is 0 Å². The molecule has 0 amide bonds. The van der Waals surface area contributed by atoms with Gasteiger partial charge in [0.15, 0.2) is 0 Å². The number of nitrogens with one attached hydrogen (secondary N) is 1. The number of anilines is 1. The lowest BCUT2D eigenvalue weighted by molar-refractivity contribution is 0.284. The van der Waals surface area contributed by atoms with Gasteiger partial charge in [-0.15, -0.1) is 0 Å². The van der Waals surface area contributed by atoms with Crippen molar-refractivity contribution in [1.82, 2.24) is 9.97 Å². The Kier molecular flexibility index (Phi) is 5.15. The highest BCUT2D eigenvalue weighted by Crippen LogP contribution is 2.21. The van der Waals surface area contributed by atoms with E-state index in [1.807, 2.05) is 13.8 Å². The van der Waals surface area contributed by atoms with Crippen LogP contribution in [0, 0.1) is 19.8 Å². The maximum absolute atomic E-state index is 5.66. The molecule has 0 saturated carbocycles. The van der Waals surface area contributed by atoms with Crippen LogP contribution in [0.3, 0.4) is 0 Å². The standard InChI is InChI=1S/C12H22N4O/c1-8(2)6-5-7-17-12-9(3)11(16-13)14-10(4)15-12/h8H,5-7,13H2,1-4H3,(H,14,15,16). The average molecular weight is 238 g/mol. The van der Waals surface area contributed by atoms with Gasteiger partial charge in [0.25, 0.3) is 0 Å². The third kappa shape index (κ3) is 4.19. The van der Waals surface area contributed by atoms with Gasteiger partial charge in [0.2, 0.25) is 5.88 Å². The Morgan fingerprint density at radius 1 is 1.29 bits per heavy atom. The number of nitrogens with zero attached hydrogens (tertiary/aromatic N) is 2. The summed E-state index contributed by atoms with van der Waals surface area (Å²) in [7, 11) is 0. The monoisotopic (exact) mass is 238 g/mol. The Bertz CT molecular complexity index is 366. The number of nitrogens with two attached hydrogens (primary N) is 1. The van der Waals surface area contributed by atoms with Crippen LogP contribution >= 0.6 is 0 Å². The van der Waals surface area contributed by atoms with Crippen LogP contribution in [0.5, 0.6) is 5.88 Å². The molecular weight excluding hydrogens is 216 g/mol. The van der Waals surface area contributed by atoms with Gasteiger partial charge < -0.3 is 10.2 Å². The third-order valence-electron chi connectivity index (χ3n) is 2.51. The molecule has 17 heavy (non-hydrogen) atoms. The number of nitrogen functional groups attached to an aromatic ring is 1. The molecule has 0 atom stereocenters. The molecule has 0 bridgehead atoms. The minimum Gasteiger partial charge on any atom is -0.477 e. The second kappa shape index (κ2) is 6.39. The second-order valence-electron chi connectivity index (χ2n) is 4.58. The van der Waals surface area contributed by atoms with Crippen LogP contribution in [0.4, 0.5) is 5.82 Å². The molecule has 0 aliphatic carbocycles. The molecule has 0 saturated heterocycles. The highest BCUT2D eigenvalue weighted by Gasteiger charge is 2.09. The van der Waals surface area contributed by atoms with E-state index in [9.17, 15) is 0 Å². The number of hydrogen-bond donors (Lipinski definition) is 2. The normalized spacial score (nSPS) is 10.7. The quantitative estimate of drug-likeness (QED) is 0.451. The number of ether oxygens (including phenoxy) is 1. The van der Waals surface area contributed by atoms with Crippen LogP contribution in [-0.2, 0) is 0 Å². The summed E-state index contributed by atoms with van der Waals surface area (Å²) in [4.78, 5) is 8.45. The first-order valence-corrected chi connectivity index (χ1v) is 5.99. The topological polar surface area (TPSA) is 73.1 Å². The Labute approximate surface area is 103 Å². The third-order valence-corrected chi connectivity index (χ3v) is 2.51. The first-order chi connectivity index (χ1) is 8.04. The predicted molar refractivity (Wildman–Crippen MR) is 68.9 cm³/mol. The second-order valence-corrected chi connectivity index (χ2v) is 4.58. The van der Waals surface area contributed by atoms with Gasteiger partial charge in [-0.25, -0.2) is 10.8 Å². The van der Waals surface area contributed by atoms with Crippen LogP contribution in [0.1, 0.15) is 38.1 Å². The van der Waals surface area contributed by atoms with E-state index in [1.165, 1.54) is 0 Å². The first kappa shape index (κ1) is 13.7. The molecule has 5 nitrogen and oxygen atoms in total. The fraction of sp³-hybridized carbons (Fsp3) is 0.667. The zero-order valence-corrected chi connectivity index (χ0v) is 11.1. The molecule has 1 aromatic heterocycles. The molecule has 1 aromatic rings. The number of aromatic nitrogens is 2. The van der Waals surface area contributed by atoms with E-state index >= 15 is 0 Å². The Morgan fingerprint density at radius 2 is 2.00 bits per heavy atom. The van der Waals surface area contributed by atoms with Crippen molar-refractivity contribution in [3.8, 4) is 5.88 Å². The summed E-state index contributed by atoms with van der Waals surface area (Å²) in [6, 6.07) is 0. The Morgan fingerprint density at radius 3 is 2.59 bits per heavy atom. The molecule has 1 heterocycles. The lowest BCUT2D eigenvalue weighted by atomic mass is 10.1. The van der Waals surface area contributed by atoms with Gasteiger partial charge in [0.1, 0.15) is 11.6 Å². The molecule has 0 aromatic carbocycles. The summed E-state index contributed by atoms with van der Waals surface area (Å²) in [5, 5.41) is 0. The van der Waals surface area contributed by atoms with E-state index in [1.54, 1.807) is 0 Å². The van der Waals surface area contributed by atoms with Crippen molar-refractivity contribution >= 4 is 5.82 Å². The molecule has 0 aliphatic heterocycles. The molecule has 96 valence electrons. The SMILES string of the molecule is Cc1nc(NN)c(C)c(OCCCC(C)C)n1. The van der Waals surface area contributed by atoms with Gasteiger partial charge in [-0.2, -0.15) is 4.98 Å². The molecule has 0 spiro atoms. The van der Waals surface area contributed by atoms with Gasteiger partial charge in [-0.05, 0) is 32.6 Å². The van der Waals surface area contributed by atoms with Gasteiger partial charge in [-0.3, -0.25) is 0 Å². The number of aryl methyl sites for hydroxylation is 1. The molecule has 0 aliphatic rings. The van der Waals surface area contributed by atoms with Crippen molar-refractivity contribution in [2.24, 2.45) is 11.8 Å². The highest BCUT2D eigenvalue weighted by molar-refractivity contribution is 5.47. The van der Waals surface area contributed by atoms with Crippen molar-refractivity contribution in [2.45, 2.75) is 40.5 Å². The van der Waals surface area contributed by atoms with Crippen LogP contribution < -0.4 is 16.0 Å². The van der Waals surface area contributed by atoms with Crippen molar-refractivity contribution in [3.05, 3.63) is 11.4 Å². The van der Waals surface area contributed by atoms with Gasteiger partial charge in [0.05, 0.1) is 12.2 Å². The van der Waals surface area contributed by atoms with Crippen LogP contribution in [0.2, 0.25) is 0 Å². The summed E-state index contributed by atoms with van der Waals surface area (Å²) in [6.07, 6.45) is 2.19. The average Bonchev–Trinajstić information content (AvgIpc) is 2.28. The zero-order valence-electron chi connectivity index (χ0n) is 11.1. The molecule has 5 heteroatoms. The number of hydrazine groups is 1. The predicted octanol–water partition coefficient (Wildman–Crippen LogP) is 2.19. The minimum absolute atomic E-state index is 0.620. The molecule has 0 fully saturated rings. The summed E-state index contributed by atoms with van der Waals surface area (Å²) in [5.41, 5.74) is 3.40. The maximum Gasteiger partial charge on any atom is 0.221 e. The van der Waals surface area contributed by atoms with E-state index in [4.69, 9.17) is 10.6 Å². The minimum atomic E-state index is 0.620. The zero-order chi connectivity index (χ0) is 12.8. The summed E-state index contributed by atoms with van der Waals surface area (Å²) < 4.78 is 5.66. The fourth-order valence-corrected chi connectivity index (χ4v) is 1.54. The van der Waals surface area contributed by atoms with Gasteiger partial charge >= 0.3 is 0 Å². The first-order valence-electron chi connectivity index (χ1n) is 5.99. The molecule has 1 rings (SSSR count). The largest absolute Gasteiger partial charge is 0.477 e. The number of hydrogen-bond acceptors (Lipinski definition) is 5. The number of rotatable bonds is 6. The summed E-state index contributed by atoms with van der Waals surface area (Å²) in [6.45, 7) is 8.81. The smallest absolute Gasteiger partial charge is 0.221 e. The molecule has 0 radical (unpaired) electrons. The van der Waals surface area contributed by atoms with E-state index in [0.717, 1.165) is 18.4 Å². The van der Waals surface area contributed by atoms with Crippen LogP contribution in [0.15, 0.2) is 0 Å². The Hall–Kier alpha value is -1.36. The van der Waals surface area contributed by atoms with E-state index in [-0.39, 0.29) is 0 Å². The fourth-order valence-electron chi connectivity index (χ4n) is 1.54. The van der Waals surface area contributed by atoms with Crippen molar-refractivity contribution in [2.75, 3.05) is 12.0 Å². The Balaban J connectivity index is 2.61.